The second-order valence-corrected chi connectivity index (χ2v) is 4.23. The molecular formula is C15H19OP. The highest BCUT2D eigenvalue weighted by Crippen LogP contribution is 2.20. The highest BCUT2D eigenvalue weighted by atomic mass is 31.0. The molecule has 0 spiro atoms. The lowest BCUT2D eigenvalue weighted by Gasteiger charge is -2.07. The second kappa shape index (κ2) is 7.09. The Morgan fingerprint density at radius 3 is 2.53 bits per heavy atom. The lowest BCUT2D eigenvalue weighted by Crippen LogP contribution is -1.99. The summed E-state index contributed by atoms with van der Waals surface area (Å²) < 4.78 is 5.25. The molecule has 0 N–H and O–H groups in total. The largest absolute Gasteiger partial charge is 0.496 e. The Hall–Kier alpha value is -1.33. The van der Waals surface area contributed by atoms with Crippen LogP contribution in [-0.4, -0.2) is 7.11 Å². The van der Waals surface area contributed by atoms with E-state index in [1.54, 1.807) is 7.11 Å². The molecule has 17 heavy (non-hydrogen) atoms. The van der Waals surface area contributed by atoms with Crippen LogP contribution in [0.4, 0.5) is 0 Å². The van der Waals surface area contributed by atoms with Gasteiger partial charge in [0.05, 0.1) is 7.11 Å². The minimum Gasteiger partial charge on any atom is -0.496 e. The molecule has 0 aliphatic heterocycles. The zero-order valence-electron chi connectivity index (χ0n) is 10.6. The molecule has 0 aliphatic rings. The van der Waals surface area contributed by atoms with Crippen molar-refractivity contribution in [3.63, 3.8) is 0 Å². The van der Waals surface area contributed by atoms with E-state index < -0.39 is 0 Å². The first-order chi connectivity index (χ1) is 8.22. The molecule has 1 nitrogen and oxygen atoms in total. The highest BCUT2D eigenvalue weighted by molar-refractivity contribution is 7.27. The third-order valence-corrected chi connectivity index (χ3v) is 2.83. The van der Waals surface area contributed by atoms with E-state index in [2.05, 4.69) is 33.5 Å². The first-order valence-corrected chi connectivity index (χ1v) is 6.20. The summed E-state index contributed by atoms with van der Waals surface area (Å²) in [6.45, 7) is 4.04. The van der Waals surface area contributed by atoms with Gasteiger partial charge in [-0.1, -0.05) is 36.4 Å². The quantitative estimate of drug-likeness (QED) is 0.581. The topological polar surface area (TPSA) is 9.23 Å². The van der Waals surface area contributed by atoms with Crippen LogP contribution in [0.1, 0.15) is 19.4 Å². The number of methoxy groups -OCH3 is 1. The molecule has 1 unspecified atom stereocenters. The predicted molar refractivity (Wildman–Crippen MR) is 79.9 cm³/mol. The summed E-state index contributed by atoms with van der Waals surface area (Å²) in [4.78, 5) is 0. The zero-order valence-corrected chi connectivity index (χ0v) is 11.8. The average Bonchev–Trinajstić information content (AvgIpc) is 2.34. The predicted octanol–water partition coefficient (Wildman–Crippen LogP) is 3.73. The van der Waals surface area contributed by atoms with E-state index in [0.29, 0.717) is 0 Å². The van der Waals surface area contributed by atoms with Gasteiger partial charge >= 0.3 is 0 Å². The lowest BCUT2D eigenvalue weighted by atomic mass is 10.0. The number of hydrogen-bond acceptors (Lipinski definition) is 1. The Morgan fingerprint density at radius 2 is 2.00 bits per heavy atom. The third kappa shape index (κ3) is 3.87. The van der Waals surface area contributed by atoms with Crippen LogP contribution in [0.5, 0.6) is 5.75 Å². The van der Waals surface area contributed by atoms with Crippen molar-refractivity contribution in [1.82, 2.24) is 0 Å². The molecule has 0 aliphatic carbocycles. The van der Waals surface area contributed by atoms with Crippen LogP contribution >= 0.6 is 9.24 Å². The van der Waals surface area contributed by atoms with Gasteiger partial charge < -0.3 is 4.74 Å². The Balaban J connectivity index is 3.15. The van der Waals surface area contributed by atoms with Crippen molar-refractivity contribution in [1.29, 1.82) is 0 Å². The van der Waals surface area contributed by atoms with Crippen LogP contribution in [0.15, 0.2) is 48.6 Å². The molecule has 1 rings (SSSR count). The van der Waals surface area contributed by atoms with E-state index >= 15 is 0 Å². The molecule has 0 saturated carbocycles. The number of ether oxygens (including phenoxy) is 1. The van der Waals surface area contributed by atoms with Gasteiger partial charge in [0, 0.05) is 5.30 Å². The van der Waals surface area contributed by atoms with Crippen LogP contribution in [0.25, 0.3) is 5.57 Å². The Morgan fingerprint density at radius 1 is 1.24 bits per heavy atom. The molecule has 1 atom stereocenters. The normalized spacial score (nSPS) is 12.6. The van der Waals surface area contributed by atoms with E-state index in [-0.39, 0.29) is 0 Å². The van der Waals surface area contributed by atoms with Crippen molar-refractivity contribution in [2.75, 3.05) is 7.11 Å². The lowest BCUT2D eigenvalue weighted by molar-refractivity contribution is 0.418. The maximum absolute atomic E-state index is 5.25. The van der Waals surface area contributed by atoms with E-state index in [4.69, 9.17) is 4.74 Å². The van der Waals surface area contributed by atoms with Crippen LogP contribution in [0.2, 0.25) is 0 Å². The molecule has 2 heteroatoms. The molecule has 0 aromatic heterocycles. The summed E-state index contributed by atoms with van der Waals surface area (Å²) in [6.07, 6.45) is 10.3. The van der Waals surface area contributed by atoms with Crippen molar-refractivity contribution in [2.24, 2.45) is 0 Å². The first-order valence-electron chi connectivity index (χ1n) is 5.62. The van der Waals surface area contributed by atoms with Crippen molar-refractivity contribution in [3.05, 3.63) is 54.1 Å². The smallest absolute Gasteiger partial charge is 0.126 e. The van der Waals surface area contributed by atoms with Gasteiger partial charge in [-0.3, -0.25) is 0 Å². The second-order valence-electron chi connectivity index (χ2n) is 3.60. The maximum atomic E-state index is 5.25. The van der Waals surface area contributed by atoms with Gasteiger partial charge in [-0.15, -0.1) is 9.24 Å². The van der Waals surface area contributed by atoms with Gasteiger partial charge in [0.15, 0.2) is 0 Å². The minimum absolute atomic E-state index is 0.893. The molecule has 0 radical (unpaired) electrons. The van der Waals surface area contributed by atoms with Crippen molar-refractivity contribution < 1.29 is 4.74 Å². The number of hydrogen-bond donors (Lipinski definition) is 0. The standard InChI is InChI=1S/C15H19OP/c1-4-6-8-12(7-5-2)13-9-10-14(16-3)15(17)11-13/h4-11H,17H2,1-3H3/b6-4+,7-5-,12-8+. The Bertz CT molecular complexity index is 456. The monoisotopic (exact) mass is 246 g/mol. The zero-order chi connectivity index (χ0) is 12.7. The Labute approximate surface area is 106 Å². The third-order valence-electron chi connectivity index (χ3n) is 2.38. The molecule has 1 aromatic rings. The highest BCUT2D eigenvalue weighted by Gasteiger charge is 2.02. The fourth-order valence-electron chi connectivity index (χ4n) is 1.54. The summed E-state index contributed by atoms with van der Waals surface area (Å²) in [7, 11) is 4.39. The van der Waals surface area contributed by atoms with Crippen LogP contribution in [0, 0.1) is 0 Å². The number of allylic oxidation sites excluding steroid dienone is 6. The van der Waals surface area contributed by atoms with Crippen molar-refractivity contribution in [2.45, 2.75) is 13.8 Å². The summed E-state index contributed by atoms with van der Waals surface area (Å²) in [5.74, 6) is 0.893. The SMILES string of the molecule is C\C=C/C(=C\C=C\C)c1ccc(OC)c(P)c1. The van der Waals surface area contributed by atoms with Gasteiger partial charge in [0.25, 0.3) is 0 Å². The van der Waals surface area contributed by atoms with E-state index in [1.165, 1.54) is 11.1 Å². The van der Waals surface area contributed by atoms with E-state index in [0.717, 1.165) is 11.1 Å². The van der Waals surface area contributed by atoms with Crippen molar-refractivity contribution in [3.8, 4) is 5.75 Å². The summed E-state index contributed by atoms with van der Waals surface area (Å²) >= 11 is 0. The first kappa shape index (κ1) is 13.7. The minimum atomic E-state index is 0.893. The van der Waals surface area contributed by atoms with Crippen molar-refractivity contribution >= 4 is 20.1 Å². The molecular weight excluding hydrogens is 227 g/mol. The van der Waals surface area contributed by atoms with Gasteiger partial charge in [-0.2, -0.15) is 0 Å². The maximum Gasteiger partial charge on any atom is 0.126 e. The van der Waals surface area contributed by atoms with Crippen LogP contribution in [-0.2, 0) is 0 Å². The summed E-state index contributed by atoms with van der Waals surface area (Å²) in [5.41, 5.74) is 2.38. The summed E-state index contributed by atoms with van der Waals surface area (Å²) in [5, 5.41) is 1.07. The van der Waals surface area contributed by atoms with Gasteiger partial charge in [0.2, 0.25) is 0 Å². The fraction of sp³-hybridized carbons (Fsp3) is 0.200. The fourth-order valence-corrected chi connectivity index (χ4v) is 1.94. The van der Waals surface area contributed by atoms with Crippen LogP contribution in [0.3, 0.4) is 0 Å². The number of rotatable bonds is 4. The number of benzene rings is 1. The summed E-state index contributed by atoms with van der Waals surface area (Å²) in [6, 6.07) is 6.17. The van der Waals surface area contributed by atoms with Gasteiger partial charge in [0.1, 0.15) is 5.75 Å². The molecule has 90 valence electrons. The molecule has 0 amide bonds. The molecule has 1 aromatic carbocycles. The average molecular weight is 246 g/mol. The van der Waals surface area contributed by atoms with E-state index in [1.807, 2.05) is 38.1 Å². The van der Waals surface area contributed by atoms with Gasteiger partial charge in [-0.25, -0.2) is 0 Å². The molecule has 0 fully saturated rings. The van der Waals surface area contributed by atoms with Crippen LogP contribution < -0.4 is 10.0 Å². The Kier molecular flexibility index (Phi) is 5.72. The van der Waals surface area contributed by atoms with E-state index in [9.17, 15) is 0 Å². The molecule has 0 bridgehead atoms. The van der Waals surface area contributed by atoms with Gasteiger partial charge in [-0.05, 0) is 37.1 Å². The molecule has 0 saturated heterocycles. The molecule has 0 heterocycles.